The molecule has 0 amide bonds. The minimum Gasteiger partial charge on any atom is -0.310 e. The quantitative estimate of drug-likeness (QED) is 0.133. The third-order valence-corrected chi connectivity index (χ3v) is 17.9. The second-order valence-electron chi connectivity index (χ2n) is 22.0. The normalized spacial score (nSPS) is 13.6. The van der Waals surface area contributed by atoms with E-state index in [-0.39, 0.29) is 11.8 Å². The Kier molecular flexibility index (Phi) is 10.6. The van der Waals surface area contributed by atoms with E-state index in [2.05, 4.69) is 312 Å². The molecule has 1 spiro atoms. The number of nitrogens with zero attached hydrogens (tertiary/aromatic N) is 3. The maximum atomic E-state index is 2.62. The Morgan fingerprint density at radius 1 is 0.325 bits per heavy atom. The van der Waals surface area contributed by atoms with E-state index in [0.717, 1.165) is 29.2 Å². The third kappa shape index (κ3) is 6.93. The van der Waals surface area contributed by atoms with E-state index in [4.69, 9.17) is 0 Å². The summed E-state index contributed by atoms with van der Waals surface area (Å²) in [6.45, 7) is 2.45. The monoisotopic (exact) mass is 1020 g/mol. The molecule has 2 unspecified atom stereocenters. The van der Waals surface area contributed by atoms with E-state index < -0.39 is 5.41 Å². The van der Waals surface area contributed by atoms with Crippen LogP contribution in [0.4, 0.5) is 17.1 Å². The smallest absolute Gasteiger partial charge is 0.0726 e. The number of benzene rings is 12. The van der Waals surface area contributed by atoms with Crippen molar-refractivity contribution in [3.8, 4) is 33.6 Å². The highest BCUT2D eigenvalue weighted by Gasteiger charge is 2.52. The average Bonchev–Trinajstić information content (AvgIpc) is 4.05. The van der Waals surface area contributed by atoms with Gasteiger partial charge in [-0.05, 0) is 164 Å². The standard InChI is InChI=1S/C77H55N3/c1-51(53-36-39-57(40-37-53)79-73-32-16-10-26-64(73)65-27-11-17-33-74(65)79)68(48-52-20-4-2-5-21-52)54-38-46-62-63-47-45-59(50-72(63)77(71(62)49-54)69-30-14-8-24-60(69)61-25-9-15-31-70(61)77)78(55-22-6-3-7-23-55)56-41-43-58(44-42-56)80-75-34-18-12-28-66(75)67-29-13-19-35-76(67)80/h2-47,49-51,68H,48H2,1H3. The summed E-state index contributed by atoms with van der Waals surface area (Å²) in [4.78, 5) is 2.44. The molecule has 378 valence electrons. The lowest BCUT2D eigenvalue weighted by Gasteiger charge is -2.33. The van der Waals surface area contributed by atoms with Gasteiger partial charge in [-0.2, -0.15) is 0 Å². The van der Waals surface area contributed by atoms with Crippen LogP contribution >= 0.6 is 0 Å². The second-order valence-corrected chi connectivity index (χ2v) is 22.0. The molecule has 2 aromatic heterocycles. The van der Waals surface area contributed by atoms with E-state index in [1.165, 1.54) is 110 Å². The van der Waals surface area contributed by atoms with Crippen LogP contribution < -0.4 is 4.90 Å². The Labute approximate surface area is 466 Å². The lowest BCUT2D eigenvalue weighted by Crippen LogP contribution is -2.26. The summed E-state index contributed by atoms with van der Waals surface area (Å²) in [6, 6.07) is 109. The van der Waals surface area contributed by atoms with E-state index in [9.17, 15) is 0 Å². The van der Waals surface area contributed by atoms with Gasteiger partial charge < -0.3 is 14.0 Å². The first-order valence-electron chi connectivity index (χ1n) is 28.2. The van der Waals surface area contributed by atoms with Crippen LogP contribution in [0, 0.1) is 0 Å². The maximum absolute atomic E-state index is 2.62. The van der Waals surface area contributed by atoms with Gasteiger partial charge in [0.15, 0.2) is 0 Å². The highest BCUT2D eigenvalue weighted by Crippen LogP contribution is 2.64. The Morgan fingerprint density at radius 2 is 0.713 bits per heavy atom. The number of rotatable bonds is 10. The molecular weight excluding hydrogens is 967 g/mol. The van der Waals surface area contributed by atoms with Crippen LogP contribution in [-0.2, 0) is 11.8 Å². The Bertz CT molecular complexity index is 4550. The van der Waals surface area contributed by atoms with Crippen LogP contribution in [-0.4, -0.2) is 9.13 Å². The molecule has 80 heavy (non-hydrogen) atoms. The predicted octanol–water partition coefficient (Wildman–Crippen LogP) is 19.8. The molecule has 0 bridgehead atoms. The third-order valence-electron chi connectivity index (χ3n) is 17.9. The molecule has 0 saturated heterocycles. The van der Waals surface area contributed by atoms with Gasteiger partial charge in [0, 0.05) is 50.0 Å². The predicted molar refractivity (Wildman–Crippen MR) is 334 cm³/mol. The van der Waals surface area contributed by atoms with Gasteiger partial charge in [0.1, 0.15) is 0 Å². The minimum absolute atomic E-state index is 0.184. The van der Waals surface area contributed by atoms with Crippen LogP contribution in [0.25, 0.3) is 77.2 Å². The van der Waals surface area contributed by atoms with Gasteiger partial charge in [-0.1, -0.05) is 213 Å². The minimum atomic E-state index is -0.558. The molecule has 3 heteroatoms. The lowest BCUT2D eigenvalue weighted by atomic mass is 9.69. The van der Waals surface area contributed by atoms with Crippen molar-refractivity contribution in [3.05, 3.63) is 330 Å². The SMILES string of the molecule is CC(c1ccc(-n2c3ccccc3c3ccccc32)cc1)C(Cc1ccccc1)c1ccc2c(c1)C1(c3ccccc3-c3ccccc31)c1cc(N(c3ccccc3)c3ccc(-n4c5ccccc5c5ccccc54)cc3)ccc1-2. The van der Waals surface area contributed by atoms with Gasteiger partial charge in [0.05, 0.1) is 27.5 Å². The molecule has 2 heterocycles. The summed E-state index contributed by atoms with van der Waals surface area (Å²) in [5.41, 5.74) is 24.5. The fourth-order valence-electron chi connectivity index (χ4n) is 14.3. The first kappa shape index (κ1) is 46.2. The molecule has 2 aliphatic carbocycles. The molecule has 2 aliphatic rings. The second kappa shape index (κ2) is 18.3. The van der Waals surface area contributed by atoms with E-state index in [1.807, 2.05) is 0 Å². The van der Waals surface area contributed by atoms with Crippen molar-refractivity contribution >= 4 is 60.7 Å². The van der Waals surface area contributed by atoms with Crippen molar-refractivity contribution in [1.82, 2.24) is 9.13 Å². The zero-order valence-corrected chi connectivity index (χ0v) is 44.4. The highest BCUT2D eigenvalue weighted by molar-refractivity contribution is 6.10. The van der Waals surface area contributed by atoms with Gasteiger partial charge in [0.25, 0.3) is 0 Å². The topological polar surface area (TPSA) is 13.1 Å². The lowest BCUT2D eigenvalue weighted by molar-refractivity contribution is 0.571. The highest BCUT2D eigenvalue weighted by atomic mass is 15.1. The summed E-state index contributed by atoms with van der Waals surface area (Å²) < 4.78 is 4.82. The first-order valence-corrected chi connectivity index (χ1v) is 28.2. The van der Waals surface area contributed by atoms with Crippen molar-refractivity contribution in [2.45, 2.75) is 30.6 Å². The zero-order valence-electron chi connectivity index (χ0n) is 44.4. The number of hydrogen-bond acceptors (Lipinski definition) is 1. The van der Waals surface area contributed by atoms with Gasteiger partial charge >= 0.3 is 0 Å². The van der Waals surface area contributed by atoms with Crippen LogP contribution in [0.15, 0.2) is 291 Å². The molecular formula is C77H55N3. The van der Waals surface area contributed by atoms with Crippen LogP contribution in [0.5, 0.6) is 0 Å². The number of para-hydroxylation sites is 5. The van der Waals surface area contributed by atoms with Crippen molar-refractivity contribution in [2.75, 3.05) is 4.90 Å². The number of fused-ring (bicyclic) bond motifs is 16. The molecule has 2 atom stereocenters. The van der Waals surface area contributed by atoms with E-state index >= 15 is 0 Å². The molecule has 0 radical (unpaired) electrons. The summed E-state index contributed by atoms with van der Waals surface area (Å²) >= 11 is 0. The van der Waals surface area contributed by atoms with E-state index in [1.54, 1.807) is 0 Å². The number of hydrogen-bond donors (Lipinski definition) is 0. The van der Waals surface area contributed by atoms with Gasteiger partial charge in [-0.15, -0.1) is 0 Å². The van der Waals surface area contributed by atoms with Crippen molar-refractivity contribution < 1.29 is 0 Å². The number of aromatic nitrogens is 2. The molecule has 3 nitrogen and oxygen atoms in total. The van der Waals surface area contributed by atoms with Crippen LogP contribution in [0.1, 0.15) is 57.7 Å². The molecule has 0 N–H and O–H groups in total. The zero-order chi connectivity index (χ0) is 52.9. The maximum Gasteiger partial charge on any atom is 0.0726 e. The van der Waals surface area contributed by atoms with Gasteiger partial charge in [-0.25, -0.2) is 0 Å². The Hall–Kier alpha value is -9.96. The van der Waals surface area contributed by atoms with Crippen LogP contribution in [0.3, 0.4) is 0 Å². The molecule has 0 saturated carbocycles. The molecule has 0 fully saturated rings. The van der Waals surface area contributed by atoms with E-state index in [0.29, 0.717) is 0 Å². The summed E-state index contributed by atoms with van der Waals surface area (Å²) in [6.07, 6.45) is 0.911. The average molecular weight is 1020 g/mol. The Morgan fingerprint density at radius 3 is 1.25 bits per heavy atom. The fraction of sp³-hybridized carbons (Fsp3) is 0.0649. The summed E-state index contributed by atoms with van der Waals surface area (Å²) in [5.74, 6) is 0.389. The van der Waals surface area contributed by atoms with Crippen molar-refractivity contribution in [3.63, 3.8) is 0 Å². The van der Waals surface area contributed by atoms with Crippen LogP contribution in [0.2, 0.25) is 0 Å². The number of anilines is 3. The molecule has 0 aliphatic heterocycles. The van der Waals surface area contributed by atoms with Crippen molar-refractivity contribution in [2.24, 2.45) is 0 Å². The Balaban J connectivity index is 0.842. The molecule has 14 aromatic rings. The van der Waals surface area contributed by atoms with Gasteiger partial charge in [0.2, 0.25) is 0 Å². The van der Waals surface area contributed by atoms with Gasteiger partial charge in [-0.3, -0.25) is 0 Å². The van der Waals surface area contributed by atoms with Crippen molar-refractivity contribution in [1.29, 1.82) is 0 Å². The fourth-order valence-corrected chi connectivity index (χ4v) is 14.3. The largest absolute Gasteiger partial charge is 0.310 e. The summed E-state index contributed by atoms with van der Waals surface area (Å²) in [7, 11) is 0. The first-order chi connectivity index (χ1) is 39.6. The molecule has 12 aromatic carbocycles. The summed E-state index contributed by atoms with van der Waals surface area (Å²) in [5, 5.41) is 5.07. The molecule has 16 rings (SSSR count).